The Morgan fingerprint density at radius 3 is 2.00 bits per heavy atom. The molecule has 0 radical (unpaired) electrons. The second-order valence-electron chi connectivity index (χ2n) is 9.85. The van der Waals surface area contributed by atoms with Crippen molar-refractivity contribution in [3.05, 3.63) is 89.2 Å². The van der Waals surface area contributed by atoms with Gasteiger partial charge in [-0.3, -0.25) is 10.4 Å². The first kappa shape index (κ1) is 23.2. The largest absolute Gasteiger partial charge is 0.507 e. The summed E-state index contributed by atoms with van der Waals surface area (Å²) in [5.41, 5.74) is 6.87. The lowest BCUT2D eigenvalue weighted by Gasteiger charge is -2.27. The summed E-state index contributed by atoms with van der Waals surface area (Å²) in [5, 5.41) is 15.4. The number of hydrazone groups is 1. The van der Waals surface area contributed by atoms with Gasteiger partial charge in [0, 0.05) is 17.3 Å². The number of phenolic OH excluding ortho intramolecular Hbond substituents is 1. The van der Waals surface area contributed by atoms with Crippen molar-refractivity contribution in [2.45, 2.75) is 52.4 Å². The van der Waals surface area contributed by atoms with E-state index in [0.717, 1.165) is 22.4 Å². The Morgan fingerprint density at radius 2 is 1.47 bits per heavy atom. The number of aromatic hydroxyl groups is 1. The van der Waals surface area contributed by atoms with Crippen LogP contribution in [0.3, 0.4) is 0 Å². The number of aromatic nitrogens is 1. The molecule has 0 spiro atoms. The van der Waals surface area contributed by atoms with Crippen molar-refractivity contribution in [3.8, 4) is 5.75 Å². The zero-order valence-corrected chi connectivity index (χ0v) is 19.7. The van der Waals surface area contributed by atoms with Crippen molar-refractivity contribution in [1.29, 1.82) is 0 Å². The van der Waals surface area contributed by atoms with E-state index in [1.165, 1.54) is 0 Å². The maximum absolute atomic E-state index is 10.9. The summed E-state index contributed by atoms with van der Waals surface area (Å²) >= 11 is 0. The van der Waals surface area contributed by atoms with Gasteiger partial charge in [0.1, 0.15) is 11.4 Å². The second kappa shape index (κ2) is 9.35. The van der Waals surface area contributed by atoms with Crippen molar-refractivity contribution < 1.29 is 5.11 Å². The minimum absolute atomic E-state index is 0.199. The van der Waals surface area contributed by atoms with Crippen molar-refractivity contribution in [2.24, 2.45) is 10.1 Å². The molecule has 0 aliphatic heterocycles. The van der Waals surface area contributed by atoms with Crippen molar-refractivity contribution in [1.82, 2.24) is 10.4 Å². The van der Waals surface area contributed by atoms with Gasteiger partial charge in [0.15, 0.2) is 5.84 Å². The number of hydrogen-bond donors (Lipinski definition) is 2. The fraction of sp³-hybridized carbons (Fsp3) is 0.296. The molecule has 3 rings (SSSR count). The Labute approximate surface area is 191 Å². The van der Waals surface area contributed by atoms with Gasteiger partial charge in [-0.05, 0) is 52.8 Å². The van der Waals surface area contributed by atoms with E-state index in [1.807, 2.05) is 60.7 Å². The Kier molecular flexibility index (Phi) is 6.78. The second-order valence-corrected chi connectivity index (χ2v) is 9.85. The van der Waals surface area contributed by atoms with Crippen LogP contribution >= 0.6 is 0 Å². The minimum Gasteiger partial charge on any atom is -0.507 e. The molecule has 0 amide bonds. The smallest absolute Gasteiger partial charge is 0.172 e. The van der Waals surface area contributed by atoms with E-state index in [2.05, 4.69) is 62.0 Å². The number of aliphatic imine (C=N–C) groups is 1. The number of pyridine rings is 1. The highest BCUT2D eigenvalue weighted by Gasteiger charge is 2.26. The molecule has 1 heterocycles. The first-order valence-corrected chi connectivity index (χ1v) is 10.8. The molecule has 166 valence electrons. The lowest BCUT2D eigenvalue weighted by atomic mass is 9.78. The van der Waals surface area contributed by atoms with Crippen LogP contribution in [0.1, 0.15) is 63.9 Å². The summed E-state index contributed by atoms with van der Waals surface area (Å²) < 4.78 is 0. The summed E-state index contributed by atoms with van der Waals surface area (Å²) in [6, 6.07) is 19.3. The number of para-hydroxylation sites is 1. The van der Waals surface area contributed by atoms with Crippen molar-refractivity contribution in [3.63, 3.8) is 0 Å². The van der Waals surface area contributed by atoms with Crippen LogP contribution in [0.2, 0.25) is 0 Å². The fourth-order valence-electron chi connectivity index (χ4n) is 3.32. The van der Waals surface area contributed by atoms with Crippen molar-refractivity contribution >= 4 is 17.7 Å². The Morgan fingerprint density at radius 1 is 0.875 bits per heavy atom. The van der Waals surface area contributed by atoms with E-state index in [1.54, 1.807) is 12.4 Å². The van der Waals surface area contributed by atoms with E-state index in [9.17, 15) is 5.11 Å². The van der Waals surface area contributed by atoms with Gasteiger partial charge < -0.3 is 5.11 Å². The van der Waals surface area contributed by atoms with Crippen LogP contribution in [0.5, 0.6) is 5.75 Å². The number of hydrogen-bond acceptors (Lipinski definition) is 4. The molecule has 0 fully saturated rings. The van der Waals surface area contributed by atoms with Crippen LogP contribution < -0.4 is 5.43 Å². The minimum atomic E-state index is -0.199. The highest BCUT2D eigenvalue weighted by molar-refractivity contribution is 5.99. The molecule has 0 atom stereocenters. The Balaban J connectivity index is 1.97. The molecule has 0 aliphatic carbocycles. The monoisotopic (exact) mass is 428 g/mol. The average molecular weight is 429 g/mol. The number of rotatable bonds is 4. The summed E-state index contributed by atoms with van der Waals surface area (Å²) in [4.78, 5) is 9.08. The summed E-state index contributed by atoms with van der Waals surface area (Å²) in [6.45, 7) is 12.6. The predicted octanol–water partition coefficient (Wildman–Crippen LogP) is 6.08. The lowest BCUT2D eigenvalue weighted by molar-refractivity contribution is 0.423. The topological polar surface area (TPSA) is 69.9 Å². The zero-order valence-electron chi connectivity index (χ0n) is 19.7. The molecule has 0 saturated carbocycles. The molecule has 1 aromatic heterocycles. The van der Waals surface area contributed by atoms with Gasteiger partial charge in [-0.1, -0.05) is 65.8 Å². The number of amidine groups is 1. The van der Waals surface area contributed by atoms with Gasteiger partial charge in [-0.25, -0.2) is 4.99 Å². The van der Waals surface area contributed by atoms with E-state index in [-0.39, 0.29) is 10.8 Å². The summed E-state index contributed by atoms with van der Waals surface area (Å²) in [7, 11) is 0. The summed E-state index contributed by atoms with van der Waals surface area (Å²) in [5.74, 6) is 0.911. The van der Waals surface area contributed by atoms with Gasteiger partial charge in [0.05, 0.1) is 11.9 Å². The van der Waals surface area contributed by atoms with Gasteiger partial charge >= 0.3 is 0 Å². The van der Waals surface area contributed by atoms with E-state index < -0.39 is 0 Å². The summed E-state index contributed by atoms with van der Waals surface area (Å²) in [6.07, 6.45) is 3.49. The number of nitrogens with one attached hydrogen (secondary N) is 1. The van der Waals surface area contributed by atoms with E-state index in [0.29, 0.717) is 17.3 Å². The highest BCUT2D eigenvalue weighted by Crippen LogP contribution is 2.39. The van der Waals surface area contributed by atoms with Gasteiger partial charge in [0.2, 0.25) is 0 Å². The molecular weight excluding hydrogens is 396 g/mol. The maximum Gasteiger partial charge on any atom is 0.172 e. The first-order valence-electron chi connectivity index (χ1n) is 10.8. The normalized spacial score (nSPS) is 12.9. The SMILES string of the molecule is CC(C)(C)c1cc(/C=N/NC(=Nc2ccccc2)c2ccccn2)cc(C(C)(C)C)c1O. The third-order valence-electron chi connectivity index (χ3n) is 5.04. The van der Waals surface area contributed by atoms with Gasteiger partial charge in [-0.2, -0.15) is 5.10 Å². The van der Waals surface area contributed by atoms with Gasteiger partial charge in [0.25, 0.3) is 0 Å². The third-order valence-corrected chi connectivity index (χ3v) is 5.04. The lowest BCUT2D eigenvalue weighted by Crippen LogP contribution is -2.20. The van der Waals surface area contributed by atoms with Gasteiger partial charge in [-0.15, -0.1) is 0 Å². The van der Waals surface area contributed by atoms with Crippen LogP contribution in [0, 0.1) is 0 Å². The third kappa shape index (κ3) is 5.82. The Hall–Kier alpha value is -3.47. The molecule has 0 unspecified atom stereocenters. The van der Waals surface area contributed by atoms with E-state index >= 15 is 0 Å². The molecule has 3 aromatic rings. The highest BCUT2D eigenvalue weighted by atomic mass is 16.3. The fourth-order valence-corrected chi connectivity index (χ4v) is 3.32. The predicted molar refractivity (Wildman–Crippen MR) is 133 cm³/mol. The first-order chi connectivity index (χ1) is 15.1. The quantitative estimate of drug-likeness (QED) is 0.300. The standard InChI is InChI=1S/C27H32N4O/c1-26(2,3)21-16-19(17-22(24(21)32)27(4,5)6)18-29-31-25(23-14-10-11-15-28-23)30-20-12-8-7-9-13-20/h7-18,32H,1-6H3,(H,30,31)/b29-18+. The van der Waals surface area contributed by atoms with Crippen LogP contribution in [0.4, 0.5) is 5.69 Å². The molecule has 2 N–H and O–H groups in total. The molecule has 0 aliphatic rings. The van der Waals surface area contributed by atoms with Crippen molar-refractivity contribution in [2.75, 3.05) is 0 Å². The average Bonchev–Trinajstić information content (AvgIpc) is 2.73. The zero-order chi connectivity index (χ0) is 23.4. The van der Waals surface area contributed by atoms with Crippen LogP contribution in [0.25, 0.3) is 0 Å². The Bertz CT molecular complexity index is 1070. The molecule has 5 heteroatoms. The number of phenols is 1. The molecular formula is C27H32N4O. The van der Waals surface area contributed by atoms with E-state index in [4.69, 9.17) is 0 Å². The molecule has 0 saturated heterocycles. The molecule has 2 aromatic carbocycles. The van der Waals surface area contributed by atoms with Crippen LogP contribution in [0.15, 0.2) is 77.0 Å². The van der Waals surface area contributed by atoms with Crippen LogP contribution in [-0.4, -0.2) is 22.1 Å². The number of benzene rings is 2. The molecule has 32 heavy (non-hydrogen) atoms. The molecule has 5 nitrogen and oxygen atoms in total. The van der Waals surface area contributed by atoms with Crippen LogP contribution in [-0.2, 0) is 10.8 Å². The number of nitrogens with zero attached hydrogens (tertiary/aromatic N) is 3. The molecule has 0 bridgehead atoms. The maximum atomic E-state index is 10.9.